The van der Waals surface area contributed by atoms with E-state index in [0.717, 1.165) is 28.6 Å². The van der Waals surface area contributed by atoms with Crippen molar-refractivity contribution >= 4 is 37.6 Å². The van der Waals surface area contributed by atoms with Crippen molar-refractivity contribution in [1.29, 1.82) is 0 Å². The molecule has 0 radical (unpaired) electrons. The van der Waals surface area contributed by atoms with Gasteiger partial charge in [0.25, 0.3) is 0 Å². The Labute approximate surface area is 133 Å². The van der Waals surface area contributed by atoms with Crippen LogP contribution in [0.2, 0.25) is 0 Å². The summed E-state index contributed by atoms with van der Waals surface area (Å²) in [6, 6.07) is 6.03. The monoisotopic (exact) mass is 369 g/mol. The Hall–Kier alpha value is -0.730. The van der Waals surface area contributed by atoms with E-state index in [1.807, 2.05) is 5.06 Å². The summed E-state index contributed by atoms with van der Waals surface area (Å²) in [7, 11) is -1.01. The molecule has 3 N–H and O–H groups in total. The summed E-state index contributed by atoms with van der Waals surface area (Å²) in [4.78, 5) is 9.19. The molecule has 0 bridgehead atoms. The van der Waals surface area contributed by atoms with Crippen molar-refractivity contribution in [3.63, 3.8) is 0 Å². The number of H-pyrrole nitrogens is 1. The fraction of sp³-hybridized carbons (Fsp3) is 0.429. The Morgan fingerprint density at radius 1 is 1.48 bits per heavy atom. The Morgan fingerprint density at radius 2 is 2.33 bits per heavy atom. The van der Waals surface area contributed by atoms with Gasteiger partial charge >= 0.3 is 0 Å². The molecule has 4 rings (SSSR count). The van der Waals surface area contributed by atoms with Crippen LogP contribution in [-0.4, -0.2) is 38.5 Å². The maximum atomic E-state index is 11.8. The number of halogens is 1. The smallest absolute Gasteiger partial charge is 0.143 e. The number of aromatic amines is 1. The summed E-state index contributed by atoms with van der Waals surface area (Å²) < 4.78 is 12.9. The molecule has 2 aliphatic rings. The normalized spacial score (nSPS) is 29.9. The zero-order valence-electron chi connectivity index (χ0n) is 11.3. The van der Waals surface area contributed by atoms with Gasteiger partial charge in [0.2, 0.25) is 0 Å². The van der Waals surface area contributed by atoms with E-state index in [-0.39, 0.29) is 18.0 Å². The van der Waals surface area contributed by atoms with Gasteiger partial charge in [0, 0.05) is 39.4 Å². The van der Waals surface area contributed by atoms with Crippen LogP contribution in [0.1, 0.15) is 17.3 Å². The largest absolute Gasteiger partial charge is 0.357 e. The van der Waals surface area contributed by atoms with E-state index < -0.39 is 10.8 Å². The minimum Gasteiger partial charge on any atom is -0.357 e. The first-order valence-corrected chi connectivity index (χ1v) is 9.21. The minimum atomic E-state index is -1.01. The third-order valence-electron chi connectivity index (χ3n) is 4.22. The van der Waals surface area contributed by atoms with Crippen molar-refractivity contribution in [1.82, 2.24) is 10.0 Å². The lowest BCUT2D eigenvalue weighted by Gasteiger charge is -2.35. The van der Waals surface area contributed by atoms with Gasteiger partial charge in [-0.05, 0) is 24.1 Å². The van der Waals surface area contributed by atoms with Crippen molar-refractivity contribution in [2.75, 3.05) is 18.2 Å². The molecule has 0 aliphatic carbocycles. The van der Waals surface area contributed by atoms with Crippen molar-refractivity contribution in [2.24, 2.45) is 5.73 Å². The van der Waals surface area contributed by atoms with Gasteiger partial charge in [0.15, 0.2) is 0 Å². The molecule has 1 aromatic heterocycles. The number of fused-ring (bicyclic) bond motifs is 5. The molecule has 112 valence electrons. The van der Waals surface area contributed by atoms with Gasteiger partial charge in [-0.15, -0.1) is 0 Å². The van der Waals surface area contributed by atoms with Gasteiger partial charge < -0.3 is 10.7 Å². The lowest BCUT2D eigenvalue weighted by Crippen LogP contribution is -2.44. The first kappa shape index (κ1) is 13.9. The maximum absolute atomic E-state index is 11.8. The van der Waals surface area contributed by atoms with Gasteiger partial charge in [-0.25, -0.2) is 0 Å². The second-order valence-corrected chi connectivity index (χ2v) is 7.92. The zero-order valence-corrected chi connectivity index (χ0v) is 13.7. The highest BCUT2D eigenvalue weighted by atomic mass is 79.9. The molecule has 2 aromatic rings. The summed E-state index contributed by atoms with van der Waals surface area (Å²) in [6.07, 6.45) is 0.910. The van der Waals surface area contributed by atoms with E-state index in [0.29, 0.717) is 5.75 Å². The molecule has 0 amide bonds. The second-order valence-electron chi connectivity index (χ2n) is 5.56. The van der Waals surface area contributed by atoms with Crippen LogP contribution in [0.4, 0.5) is 0 Å². The Kier molecular flexibility index (Phi) is 3.42. The van der Waals surface area contributed by atoms with Crippen LogP contribution >= 0.6 is 15.9 Å². The lowest BCUT2D eigenvalue weighted by atomic mass is 9.95. The highest BCUT2D eigenvalue weighted by Gasteiger charge is 2.38. The molecule has 3 unspecified atom stereocenters. The second kappa shape index (κ2) is 5.17. The average Bonchev–Trinajstić information content (AvgIpc) is 2.73. The third kappa shape index (κ3) is 2.27. The van der Waals surface area contributed by atoms with E-state index in [1.165, 1.54) is 10.9 Å². The van der Waals surface area contributed by atoms with E-state index in [9.17, 15) is 4.21 Å². The number of nitrogens with zero attached hydrogens (tertiary/aromatic N) is 1. The van der Waals surface area contributed by atoms with Gasteiger partial charge in [-0.2, -0.15) is 5.06 Å². The van der Waals surface area contributed by atoms with Crippen LogP contribution in [0.15, 0.2) is 22.7 Å². The number of nitrogens with one attached hydrogen (secondary N) is 1. The van der Waals surface area contributed by atoms with E-state index in [4.69, 9.17) is 10.6 Å². The Morgan fingerprint density at radius 3 is 3.19 bits per heavy atom. The molecule has 1 saturated heterocycles. The van der Waals surface area contributed by atoms with Gasteiger partial charge in [0.1, 0.15) is 5.94 Å². The summed E-state index contributed by atoms with van der Waals surface area (Å²) >= 11 is 3.51. The van der Waals surface area contributed by atoms with Crippen molar-refractivity contribution in [2.45, 2.75) is 18.5 Å². The number of benzene rings is 1. The summed E-state index contributed by atoms with van der Waals surface area (Å²) in [6.45, 7) is 0.783. The molecule has 1 aromatic carbocycles. The van der Waals surface area contributed by atoms with E-state index in [2.05, 4.69) is 39.1 Å². The molecule has 0 saturated carbocycles. The highest BCUT2D eigenvalue weighted by Crippen LogP contribution is 2.37. The highest BCUT2D eigenvalue weighted by molar-refractivity contribution is 9.10. The van der Waals surface area contributed by atoms with Crippen molar-refractivity contribution < 1.29 is 9.05 Å². The Bertz CT molecular complexity index is 732. The molecule has 5 nitrogen and oxygen atoms in total. The van der Waals surface area contributed by atoms with E-state index >= 15 is 0 Å². The molecule has 3 atom stereocenters. The van der Waals surface area contributed by atoms with Gasteiger partial charge in [-0.1, -0.05) is 22.0 Å². The third-order valence-corrected chi connectivity index (χ3v) is 5.84. The Balaban J connectivity index is 1.86. The summed E-state index contributed by atoms with van der Waals surface area (Å²) in [5, 5.41) is 3.15. The van der Waals surface area contributed by atoms with Crippen LogP contribution < -0.4 is 5.73 Å². The zero-order chi connectivity index (χ0) is 14.6. The van der Waals surface area contributed by atoms with Crippen molar-refractivity contribution in [3.8, 4) is 0 Å². The van der Waals surface area contributed by atoms with E-state index in [1.54, 1.807) is 0 Å². The first-order valence-electron chi connectivity index (χ1n) is 6.93. The van der Waals surface area contributed by atoms with Crippen LogP contribution in [0.25, 0.3) is 10.9 Å². The molecule has 21 heavy (non-hydrogen) atoms. The first-order chi connectivity index (χ1) is 10.1. The predicted octanol–water partition coefficient (Wildman–Crippen LogP) is 1.81. The number of aromatic nitrogens is 1. The molecule has 7 heteroatoms. The molecule has 2 aliphatic heterocycles. The molecule has 1 fully saturated rings. The van der Waals surface area contributed by atoms with Gasteiger partial charge in [0.05, 0.1) is 16.8 Å². The van der Waals surface area contributed by atoms with Crippen molar-refractivity contribution in [3.05, 3.63) is 33.9 Å². The average molecular weight is 370 g/mol. The fourth-order valence-corrected chi connectivity index (χ4v) is 4.65. The minimum absolute atomic E-state index is 0.0497. The number of rotatable bonds is 0. The maximum Gasteiger partial charge on any atom is 0.143 e. The number of hydrogen-bond acceptors (Lipinski definition) is 4. The summed E-state index contributed by atoms with van der Waals surface area (Å²) in [5.41, 5.74) is 9.83. The van der Waals surface area contributed by atoms with Crippen LogP contribution in [0.3, 0.4) is 0 Å². The van der Waals surface area contributed by atoms with Crippen LogP contribution in [0, 0.1) is 0 Å². The van der Waals surface area contributed by atoms with Gasteiger partial charge in [-0.3, -0.25) is 9.05 Å². The lowest BCUT2D eigenvalue weighted by molar-refractivity contribution is -0.176. The molecule has 3 heterocycles. The molecular weight excluding hydrogens is 354 g/mol. The number of hydroxylamine groups is 2. The SMILES string of the molecule is NC1CS(=O)CON2CCc3c([nH]c4cc(Br)ccc34)C12. The summed E-state index contributed by atoms with van der Waals surface area (Å²) in [5.74, 6) is 0.713. The molecular formula is C14H16BrN3O2S. The molecule has 0 spiro atoms. The number of nitrogens with two attached hydrogens (primary N) is 1. The standard InChI is InChI=1S/C14H16BrN3O2S/c15-8-1-2-9-10-3-4-18-14(13(10)17-12(9)5-8)11(16)6-21(19)7-20-18/h1-2,5,11,14,17H,3-4,6-7,16H2. The van der Waals surface area contributed by atoms with Crippen LogP contribution in [0.5, 0.6) is 0 Å². The predicted molar refractivity (Wildman–Crippen MR) is 86.1 cm³/mol. The van der Waals surface area contributed by atoms with Crippen LogP contribution in [-0.2, 0) is 22.1 Å². The quantitative estimate of drug-likeness (QED) is 0.742. The fourth-order valence-electron chi connectivity index (χ4n) is 3.33. The topological polar surface area (TPSA) is 71.4 Å². The number of hydrogen-bond donors (Lipinski definition) is 2.